The molecular formula is C19H22N4O3S. The van der Waals surface area contributed by atoms with Gasteiger partial charge >= 0.3 is 0 Å². The summed E-state index contributed by atoms with van der Waals surface area (Å²) in [5.41, 5.74) is 2.90. The molecule has 0 bridgehead atoms. The highest BCUT2D eigenvalue weighted by atomic mass is 32.1. The number of nitrogens with zero attached hydrogens (tertiary/aromatic N) is 3. The summed E-state index contributed by atoms with van der Waals surface area (Å²) >= 11 is 1.47. The fourth-order valence-electron chi connectivity index (χ4n) is 2.79. The van der Waals surface area contributed by atoms with Crippen LogP contribution in [0.1, 0.15) is 11.3 Å². The molecule has 2 aromatic rings. The summed E-state index contributed by atoms with van der Waals surface area (Å²) in [6.07, 6.45) is 10.3. The molecule has 8 heteroatoms. The average molecular weight is 386 g/mol. The second-order valence-electron chi connectivity index (χ2n) is 6.49. The Morgan fingerprint density at radius 2 is 2.19 bits per heavy atom. The van der Waals surface area contributed by atoms with E-state index < -0.39 is 5.60 Å². The van der Waals surface area contributed by atoms with E-state index in [1.807, 2.05) is 35.5 Å². The molecule has 3 heterocycles. The number of aromatic nitrogens is 2. The zero-order valence-electron chi connectivity index (χ0n) is 15.3. The van der Waals surface area contributed by atoms with Crippen LogP contribution in [0.15, 0.2) is 41.5 Å². The molecular weight excluding hydrogens is 364 g/mol. The Bertz CT molecular complexity index is 848. The minimum absolute atomic E-state index is 0.0683. The summed E-state index contributed by atoms with van der Waals surface area (Å²) in [4.78, 5) is 30.0. The zero-order chi connectivity index (χ0) is 19.3. The summed E-state index contributed by atoms with van der Waals surface area (Å²) in [5.74, 6) is -0.283. The van der Waals surface area contributed by atoms with E-state index in [0.29, 0.717) is 19.6 Å². The van der Waals surface area contributed by atoms with E-state index >= 15 is 0 Å². The number of carbonyl (C=O) groups is 2. The van der Waals surface area contributed by atoms with Gasteiger partial charge in [-0.25, -0.2) is 4.98 Å². The van der Waals surface area contributed by atoms with Crippen molar-refractivity contribution in [2.75, 3.05) is 26.7 Å². The lowest BCUT2D eigenvalue weighted by Crippen LogP contribution is -2.68. The van der Waals surface area contributed by atoms with Gasteiger partial charge in [0.1, 0.15) is 5.60 Å². The molecule has 0 unspecified atom stereocenters. The van der Waals surface area contributed by atoms with Crippen molar-refractivity contribution in [1.29, 1.82) is 0 Å². The number of methoxy groups -OCH3 is 1. The SMILES string of the molecule is COC1(CNC(=O)/C=C/c2cscn2)CN(C(=O)/C=C/c2ccn(C)c2)C1. The quantitative estimate of drug-likeness (QED) is 0.733. The maximum absolute atomic E-state index is 12.3. The smallest absolute Gasteiger partial charge is 0.246 e. The molecule has 0 saturated carbocycles. The topological polar surface area (TPSA) is 76.5 Å². The molecule has 1 fully saturated rings. The van der Waals surface area contributed by atoms with Crippen molar-refractivity contribution < 1.29 is 14.3 Å². The van der Waals surface area contributed by atoms with Gasteiger partial charge in [-0.1, -0.05) is 0 Å². The number of rotatable bonds is 7. The first-order chi connectivity index (χ1) is 13.0. The number of aryl methyl sites for hydroxylation is 1. The van der Waals surface area contributed by atoms with Crippen molar-refractivity contribution in [3.8, 4) is 0 Å². The normalized spacial score (nSPS) is 16.0. The van der Waals surface area contributed by atoms with Crippen LogP contribution in [0.25, 0.3) is 12.2 Å². The number of thiazole rings is 1. The van der Waals surface area contributed by atoms with Crippen LogP contribution >= 0.6 is 11.3 Å². The van der Waals surface area contributed by atoms with Crippen molar-refractivity contribution in [1.82, 2.24) is 19.8 Å². The second-order valence-corrected chi connectivity index (χ2v) is 7.21. The standard InChI is InChI=1S/C19H22N4O3S/c1-22-8-7-15(9-22)3-6-18(25)23-12-19(13-23,26-2)11-20-17(24)5-4-16-10-27-14-21-16/h3-10,14H,11-13H2,1-2H3,(H,20,24)/b5-4+,6-3+. The maximum atomic E-state index is 12.3. The van der Waals surface area contributed by atoms with Gasteiger partial charge in [0.15, 0.2) is 0 Å². The third-order valence-corrected chi connectivity index (χ3v) is 5.02. The first-order valence-corrected chi connectivity index (χ1v) is 9.42. The Kier molecular flexibility index (Phi) is 5.88. The van der Waals surface area contributed by atoms with Crippen molar-refractivity contribution in [3.05, 3.63) is 52.8 Å². The van der Waals surface area contributed by atoms with E-state index in [4.69, 9.17) is 4.74 Å². The maximum Gasteiger partial charge on any atom is 0.246 e. The third-order valence-electron chi connectivity index (χ3n) is 4.42. The van der Waals surface area contributed by atoms with Gasteiger partial charge in [0.05, 0.1) is 30.8 Å². The molecule has 2 amide bonds. The van der Waals surface area contributed by atoms with Crippen LogP contribution in [0.4, 0.5) is 0 Å². The van der Waals surface area contributed by atoms with Crippen molar-refractivity contribution in [2.24, 2.45) is 7.05 Å². The molecule has 142 valence electrons. The molecule has 2 aromatic heterocycles. The van der Waals surface area contributed by atoms with Gasteiger partial charge in [-0.2, -0.15) is 0 Å². The summed E-state index contributed by atoms with van der Waals surface area (Å²) in [6, 6.07) is 1.94. The van der Waals surface area contributed by atoms with E-state index in [9.17, 15) is 9.59 Å². The lowest BCUT2D eigenvalue weighted by atomic mass is 9.93. The molecule has 1 aliphatic heterocycles. The zero-order valence-corrected chi connectivity index (χ0v) is 16.1. The van der Waals surface area contributed by atoms with Crippen molar-refractivity contribution in [3.63, 3.8) is 0 Å². The molecule has 27 heavy (non-hydrogen) atoms. The highest BCUT2D eigenvalue weighted by molar-refractivity contribution is 7.07. The van der Waals surface area contributed by atoms with Gasteiger partial charge < -0.3 is 19.5 Å². The Morgan fingerprint density at radius 1 is 1.37 bits per heavy atom. The molecule has 1 saturated heterocycles. The second kappa shape index (κ2) is 8.32. The molecule has 1 N–H and O–H groups in total. The molecule has 3 rings (SSSR count). The molecule has 0 aromatic carbocycles. The first-order valence-electron chi connectivity index (χ1n) is 8.48. The van der Waals surface area contributed by atoms with Crippen LogP contribution in [0, 0.1) is 0 Å². The Hall–Kier alpha value is -2.71. The predicted octanol–water partition coefficient (Wildman–Crippen LogP) is 1.55. The highest BCUT2D eigenvalue weighted by Crippen LogP contribution is 2.24. The summed E-state index contributed by atoms with van der Waals surface area (Å²) in [5, 5.41) is 4.68. The highest BCUT2D eigenvalue weighted by Gasteiger charge is 2.45. The van der Waals surface area contributed by atoms with Gasteiger partial charge in [0, 0.05) is 44.1 Å². The largest absolute Gasteiger partial charge is 0.373 e. The molecule has 0 radical (unpaired) electrons. The van der Waals surface area contributed by atoms with Crippen molar-refractivity contribution >= 4 is 35.3 Å². The van der Waals surface area contributed by atoms with Gasteiger partial charge in [0.2, 0.25) is 11.8 Å². The lowest BCUT2D eigenvalue weighted by molar-refractivity contribution is -0.156. The minimum atomic E-state index is -0.541. The van der Waals surface area contributed by atoms with Crippen LogP contribution in [0.2, 0.25) is 0 Å². The van der Waals surface area contributed by atoms with E-state index in [2.05, 4.69) is 10.3 Å². The van der Waals surface area contributed by atoms with Gasteiger partial charge in [-0.15, -0.1) is 11.3 Å². The fraction of sp³-hybridized carbons (Fsp3) is 0.316. The predicted molar refractivity (Wildman–Crippen MR) is 105 cm³/mol. The van der Waals surface area contributed by atoms with E-state index in [0.717, 1.165) is 11.3 Å². The van der Waals surface area contributed by atoms with Crippen LogP contribution in [-0.2, 0) is 21.4 Å². The van der Waals surface area contributed by atoms with Gasteiger partial charge in [0.25, 0.3) is 0 Å². The average Bonchev–Trinajstić information content (AvgIpc) is 3.29. The minimum Gasteiger partial charge on any atom is -0.373 e. The summed E-state index contributed by atoms with van der Waals surface area (Å²) in [6.45, 7) is 1.23. The first kappa shape index (κ1) is 19.1. The third kappa shape index (κ3) is 4.93. The molecule has 0 atom stereocenters. The number of ether oxygens (including phenoxy) is 1. The Balaban J connectivity index is 1.46. The Morgan fingerprint density at radius 3 is 2.81 bits per heavy atom. The monoisotopic (exact) mass is 386 g/mol. The summed E-state index contributed by atoms with van der Waals surface area (Å²) < 4.78 is 7.48. The van der Waals surface area contributed by atoms with Crippen LogP contribution in [-0.4, -0.2) is 58.6 Å². The van der Waals surface area contributed by atoms with E-state index in [-0.39, 0.29) is 11.8 Å². The molecule has 7 nitrogen and oxygen atoms in total. The molecule has 0 aliphatic carbocycles. The molecule has 0 spiro atoms. The van der Waals surface area contributed by atoms with Crippen LogP contribution in [0.3, 0.4) is 0 Å². The Labute approximate surface area is 162 Å². The fourth-order valence-corrected chi connectivity index (χ4v) is 3.31. The van der Waals surface area contributed by atoms with E-state index in [1.165, 1.54) is 17.4 Å². The molecule has 1 aliphatic rings. The lowest BCUT2D eigenvalue weighted by Gasteiger charge is -2.48. The number of hydrogen-bond donors (Lipinski definition) is 1. The van der Waals surface area contributed by atoms with Gasteiger partial charge in [-0.3, -0.25) is 9.59 Å². The van der Waals surface area contributed by atoms with Crippen LogP contribution < -0.4 is 5.32 Å². The van der Waals surface area contributed by atoms with Gasteiger partial charge in [-0.05, 0) is 23.8 Å². The summed E-state index contributed by atoms with van der Waals surface area (Å²) in [7, 11) is 3.53. The van der Waals surface area contributed by atoms with Crippen molar-refractivity contribution in [2.45, 2.75) is 5.60 Å². The number of likely N-dealkylation sites (tertiary alicyclic amines) is 1. The van der Waals surface area contributed by atoms with Crippen LogP contribution in [0.5, 0.6) is 0 Å². The number of hydrogen-bond acceptors (Lipinski definition) is 5. The number of nitrogens with one attached hydrogen (secondary N) is 1. The number of amides is 2. The number of carbonyl (C=O) groups excluding carboxylic acids is 2. The van der Waals surface area contributed by atoms with E-state index in [1.54, 1.807) is 35.7 Å².